The molecule has 0 saturated carbocycles. The van der Waals surface area contributed by atoms with Gasteiger partial charge in [-0.2, -0.15) is 0 Å². The van der Waals surface area contributed by atoms with Gasteiger partial charge in [0.05, 0.1) is 18.9 Å². The fourth-order valence-electron chi connectivity index (χ4n) is 1.18. The number of nitrogens with one attached hydrogen (secondary N) is 1. The Morgan fingerprint density at radius 1 is 1.35 bits per heavy atom. The van der Waals surface area contributed by atoms with Gasteiger partial charge in [-0.25, -0.2) is 15.0 Å². The number of rotatable bonds is 3. The van der Waals surface area contributed by atoms with E-state index < -0.39 is 0 Å². The molecule has 2 heterocycles. The van der Waals surface area contributed by atoms with Crippen molar-refractivity contribution in [1.29, 1.82) is 0 Å². The van der Waals surface area contributed by atoms with Crippen LogP contribution in [0.1, 0.15) is 20.4 Å². The highest BCUT2D eigenvalue weighted by Crippen LogP contribution is 2.10. The summed E-state index contributed by atoms with van der Waals surface area (Å²) in [5, 5.41) is 3.57. The molecule has 0 aromatic carbocycles. The maximum Gasteiger partial charge on any atom is 0.271 e. The number of nitrogens with two attached hydrogens (primary N) is 1. The van der Waals surface area contributed by atoms with Crippen LogP contribution >= 0.6 is 11.3 Å². The molecule has 17 heavy (non-hydrogen) atoms. The normalized spacial score (nSPS) is 10.2. The molecule has 0 fully saturated rings. The molecule has 0 radical (unpaired) electrons. The van der Waals surface area contributed by atoms with Crippen LogP contribution in [-0.2, 0) is 6.54 Å². The highest BCUT2D eigenvalue weighted by atomic mass is 32.1. The summed E-state index contributed by atoms with van der Waals surface area (Å²) in [7, 11) is 0. The van der Waals surface area contributed by atoms with Gasteiger partial charge in [-0.3, -0.25) is 4.79 Å². The standard InChI is InChI=1S/C10H11N5OS/c1-6-2-14-9(17-6)5-15-10(16)7-3-13-8(11)4-12-7/h2-4H,5H2,1H3,(H2,11,13)(H,15,16). The molecule has 3 N–H and O–H groups in total. The van der Waals surface area contributed by atoms with Crippen molar-refractivity contribution in [1.82, 2.24) is 20.3 Å². The molecule has 0 aliphatic heterocycles. The van der Waals surface area contributed by atoms with Gasteiger partial charge >= 0.3 is 0 Å². The Hall–Kier alpha value is -2.02. The van der Waals surface area contributed by atoms with E-state index in [0.29, 0.717) is 6.54 Å². The van der Waals surface area contributed by atoms with Crippen LogP contribution in [-0.4, -0.2) is 20.9 Å². The molecule has 0 saturated heterocycles. The van der Waals surface area contributed by atoms with Crippen molar-refractivity contribution in [2.45, 2.75) is 13.5 Å². The second-order valence-corrected chi connectivity index (χ2v) is 4.69. The van der Waals surface area contributed by atoms with E-state index in [0.717, 1.165) is 9.88 Å². The van der Waals surface area contributed by atoms with E-state index in [1.54, 1.807) is 17.5 Å². The number of hydrogen-bond donors (Lipinski definition) is 2. The Morgan fingerprint density at radius 2 is 2.18 bits per heavy atom. The molecular weight excluding hydrogens is 238 g/mol. The number of thiazole rings is 1. The molecule has 7 heteroatoms. The van der Waals surface area contributed by atoms with Gasteiger partial charge in [-0.05, 0) is 6.92 Å². The topological polar surface area (TPSA) is 93.8 Å². The van der Waals surface area contributed by atoms with Crippen molar-refractivity contribution in [2.75, 3.05) is 5.73 Å². The predicted octanol–water partition coefficient (Wildman–Crippen LogP) is 0.754. The fourth-order valence-corrected chi connectivity index (χ4v) is 1.91. The Labute approximate surface area is 102 Å². The van der Waals surface area contributed by atoms with E-state index in [1.807, 2.05) is 6.92 Å². The van der Waals surface area contributed by atoms with Gasteiger partial charge < -0.3 is 11.1 Å². The van der Waals surface area contributed by atoms with Crippen LogP contribution in [0.5, 0.6) is 0 Å². The lowest BCUT2D eigenvalue weighted by molar-refractivity contribution is 0.0945. The van der Waals surface area contributed by atoms with Gasteiger partial charge in [-0.1, -0.05) is 0 Å². The number of carbonyl (C=O) groups is 1. The molecule has 1 amide bonds. The summed E-state index contributed by atoms with van der Waals surface area (Å²) < 4.78 is 0. The van der Waals surface area contributed by atoms with Crippen LogP contribution in [0.15, 0.2) is 18.6 Å². The summed E-state index contributed by atoms with van der Waals surface area (Å²) >= 11 is 1.55. The number of aromatic nitrogens is 3. The first-order chi connectivity index (χ1) is 8.15. The molecule has 88 valence electrons. The molecule has 0 spiro atoms. The second kappa shape index (κ2) is 4.88. The summed E-state index contributed by atoms with van der Waals surface area (Å²) in [5.41, 5.74) is 5.62. The van der Waals surface area contributed by atoms with Crippen molar-refractivity contribution in [3.8, 4) is 0 Å². The van der Waals surface area contributed by atoms with Crippen LogP contribution in [0.3, 0.4) is 0 Å². The van der Waals surface area contributed by atoms with E-state index in [-0.39, 0.29) is 17.4 Å². The Balaban J connectivity index is 1.95. The maximum absolute atomic E-state index is 11.7. The number of hydrogen-bond acceptors (Lipinski definition) is 6. The zero-order valence-corrected chi connectivity index (χ0v) is 9.99. The fraction of sp³-hybridized carbons (Fsp3) is 0.200. The Bertz CT molecular complexity index is 522. The minimum atomic E-state index is -0.287. The van der Waals surface area contributed by atoms with Crippen LogP contribution < -0.4 is 11.1 Å². The summed E-state index contributed by atoms with van der Waals surface area (Å²) in [6, 6.07) is 0. The Kier molecular flexibility index (Phi) is 3.29. The average Bonchev–Trinajstić information content (AvgIpc) is 2.73. The maximum atomic E-state index is 11.7. The van der Waals surface area contributed by atoms with Crippen LogP contribution in [0.4, 0.5) is 5.82 Å². The summed E-state index contributed by atoms with van der Waals surface area (Å²) in [4.78, 5) is 24.6. The van der Waals surface area contributed by atoms with Crippen LogP contribution in [0, 0.1) is 6.92 Å². The van der Waals surface area contributed by atoms with E-state index in [4.69, 9.17) is 5.73 Å². The summed E-state index contributed by atoms with van der Waals surface area (Å²) in [6.45, 7) is 2.36. The third-order valence-corrected chi connectivity index (χ3v) is 2.89. The summed E-state index contributed by atoms with van der Waals surface area (Å²) in [6.07, 6.45) is 4.47. The minimum absolute atomic E-state index is 0.243. The van der Waals surface area contributed by atoms with Gasteiger partial charge in [-0.15, -0.1) is 11.3 Å². The molecule has 6 nitrogen and oxygen atoms in total. The zero-order chi connectivity index (χ0) is 12.3. The van der Waals surface area contributed by atoms with Gasteiger partial charge in [0, 0.05) is 11.1 Å². The number of anilines is 1. The molecule has 2 aromatic rings. The number of nitrogens with zero attached hydrogens (tertiary/aromatic N) is 3. The number of nitrogen functional groups attached to an aromatic ring is 1. The quantitative estimate of drug-likeness (QED) is 0.837. The molecule has 0 unspecified atom stereocenters. The summed E-state index contributed by atoms with van der Waals surface area (Å²) in [5.74, 6) is 0.00227. The SMILES string of the molecule is Cc1cnc(CNC(=O)c2cnc(N)cn2)s1. The highest BCUT2D eigenvalue weighted by molar-refractivity contribution is 7.11. The smallest absolute Gasteiger partial charge is 0.271 e. The number of aryl methyl sites for hydroxylation is 1. The predicted molar refractivity (Wildman–Crippen MR) is 64.5 cm³/mol. The van der Waals surface area contributed by atoms with Crippen LogP contribution in [0.25, 0.3) is 0 Å². The van der Waals surface area contributed by atoms with Crippen molar-refractivity contribution < 1.29 is 4.79 Å². The average molecular weight is 249 g/mol. The van der Waals surface area contributed by atoms with Crippen molar-refractivity contribution in [2.24, 2.45) is 0 Å². The van der Waals surface area contributed by atoms with E-state index in [9.17, 15) is 4.79 Å². The van der Waals surface area contributed by atoms with E-state index in [1.165, 1.54) is 12.4 Å². The first-order valence-corrected chi connectivity index (χ1v) is 5.74. The highest BCUT2D eigenvalue weighted by Gasteiger charge is 2.08. The lowest BCUT2D eigenvalue weighted by Gasteiger charge is -2.01. The lowest BCUT2D eigenvalue weighted by atomic mass is 10.4. The molecular formula is C10H11N5OS. The molecule has 0 atom stereocenters. The minimum Gasteiger partial charge on any atom is -0.382 e. The van der Waals surface area contributed by atoms with Gasteiger partial charge in [0.1, 0.15) is 16.5 Å². The molecule has 2 aromatic heterocycles. The monoisotopic (exact) mass is 249 g/mol. The number of amides is 1. The van der Waals surface area contributed by atoms with E-state index in [2.05, 4.69) is 20.3 Å². The molecule has 0 aliphatic rings. The van der Waals surface area contributed by atoms with E-state index >= 15 is 0 Å². The first-order valence-electron chi connectivity index (χ1n) is 4.92. The molecule has 0 bridgehead atoms. The third-order valence-electron chi connectivity index (χ3n) is 1.97. The van der Waals surface area contributed by atoms with Crippen molar-refractivity contribution in [3.63, 3.8) is 0 Å². The zero-order valence-electron chi connectivity index (χ0n) is 9.17. The third kappa shape index (κ3) is 2.97. The molecule has 0 aliphatic carbocycles. The Morgan fingerprint density at radius 3 is 2.76 bits per heavy atom. The number of carbonyl (C=O) groups excluding carboxylic acids is 1. The van der Waals surface area contributed by atoms with Crippen molar-refractivity contribution in [3.05, 3.63) is 34.2 Å². The lowest BCUT2D eigenvalue weighted by Crippen LogP contribution is -2.23. The van der Waals surface area contributed by atoms with Gasteiger partial charge in [0.25, 0.3) is 5.91 Å². The molecule has 2 rings (SSSR count). The van der Waals surface area contributed by atoms with Crippen molar-refractivity contribution >= 4 is 23.1 Å². The van der Waals surface area contributed by atoms with Gasteiger partial charge in [0.15, 0.2) is 0 Å². The second-order valence-electron chi connectivity index (χ2n) is 3.37. The largest absolute Gasteiger partial charge is 0.382 e. The first kappa shape index (κ1) is 11.5. The van der Waals surface area contributed by atoms with Crippen LogP contribution in [0.2, 0.25) is 0 Å². The van der Waals surface area contributed by atoms with Gasteiger partial charge in [0.2, 0.25) is 0 Å².